The molecule has 0 fully saturated rings. The van der Waals surface area contributed by atoms with Gasteiger partial charge in [0.15, 0.2) is 0 Å². The third kappa shape index (κ3) is 5.44. The van der Waals surface area contributed by atoms with Gasteiger partial charge < -0.3 is 15.2 Å². The van der Waals surface area contributed by atoms with Crippen molar-refractivity contribution in [2.75, 3.05) is 5.32 Å². The minimum Gasteiger partial charge on any atom is -0.382 e. The van der Waals surface area contributed by atoms with E-state index in [9.17, 15) is 9.90 Å². The molecule has 204 valence electrons. The van der Waals surface area contributed by atoms with Gasteiger partial charge in [0.2, 0.25) is 0 Å². The maximum atomic E-state index is 12.8. The van der Waals surface area contributed by atoms with Gasteiger partial charge in [0.25, 0.3) is 5.91 Å². The predicted octanol–water partition coefficient (Wildman–Crippen LogP) is 7.65. The number of benzene rings is 5. The first-order valence-electron chi connectivity index (χ1n) is 13.7. The number of hydrogen-bond acceptors (Lipinski definition) is 4. The molecule has 4 nitrogen and oxygen atoms in total. The molecule has 5 aromatic rings. The summed E-state index contributed by atoms with van der Waals surface area (Å²) in [4.78, 5) is 13.7. The molecule has 1 amide bonds. The number of carbonyl (C=O) groups is 1. The Bertz CT molecular complexity index is 1530. The lowest BCUT2D eigenvalue weighted by Gasteiger charge is -2.36. The first kappa shape index (κ1) is 27.0. The van der Waals surface area contributed by atoms with E-state index in [1.54, 1.807) is 0 Å². The molecule has 0 bridgehead atoms. The Morgan fingerprint density at radius 2 is 1.29 bits per heavy atom. The molecule has 0 aromatic heterocycles. The summed E-state index contributed by atoms with van der Waals surface area (Å²) in [7, 11) is 0. The third-order valence-corrected chi connectivity index (χ3v) is 8.89. The lowest BCUT2D eigenvalue weighted by atomic mass is 9.80. The van der Waals surface area contributed by atoms with Crippen LogP contribution in [-0.4, -0.2) is 17.1 Å². The fourth-order valence-corrected chi connectivity index (χ4v) is 6.65. The number of carbonyl (C=O) groups excluding carboxylic acids is 1. The van der Waals surface area contributed by atoms with Crippen LogP contribution in [0.4, 0.5) is 5.69 Å². The van der Waals surface area contributed by atoms with Crippen molar-refractivity contribution in [3.63, 3.8) is 0 Å². The highest BCUT2D eigenvalue weighted by molar-refractivity contribution is 7.99. The lowest BCUT2D eigenvalue weighted by molar-refractivity contribution is -0.124. The van der Waals surface area contributed by atoms with Gasteiger partial charge in [0.1, 0.15) is 11.7 Å². The van der Waals surface area contributed by atoms with Crippen LogP contribution >= 0.6 is 11.8 Å². The van der Waals surface area contributed by atoms with Gasteiger partial charge in [-0.1, -0.05) is 127 Å². The molecule has 5 aromatic carbocycles. The van der Waals surface area contributed by atoms with E-state index in [1.807, 2.05) is 97.9 Å². The second kappa shape index (κ2) is 11.8. The number of aliphatic hydroxyl groups excluding tert-OH is 1. The third-order valence-electron chi connectivity index (χ3n) is 7.52. The number of nitrogens with one attached hydrogen (secondary N) is 1. The summed E-state index contributed by atoms with van der Waals surface area (Å²) in [6.45, 7) is 2.35. The van der Waals surface area contributed by atoms with E-state index in [-0.39, 0.29) is 0 Å². The molecule has 0 aliphatic carbocycles. The highest BCUT2D eigenvalue weighted by Gasteiger charge is 2.38. The molecule has 2 N–H and O–H groups in total. The van der Waals surface area contributed by atoms with Crippen molar-refractivity contribution in [3.05, 3.63) is 167 Å². The normalized spacial score (nSPS) is 16.9. The van der Waals surface area contributed by atoms with Gasteiger partial charge in [0.05, 0.1) is 17.5 Å². The standard InChI is InChI=1S/C36H31NO3S/c1-25-17-20-27(21-18-25)34-33(38)35(39)37-31-22-19-26(23-32(31)41-34)24-40-36(28-11-5-2-6-12-28,29-13-7-3-8-14-29)30-15-9-4-10-16-30/h2-23,33-34,38H,24H2,1H3,(H,37,39). The van der Waals surface area contributed by atoms with Crippen LogP contribution in [0.5, 0.6) is 0 Å². The number of ether oxygens (including phenoxy) is 1. The van der Waals surface area contributed by atoms with Crippen molar-refractivity contribution >= 4 is 23.4 Å². The van der Waals surface area contributed by atoms with Gasteiger partial charge in [-0.3, -0.25) is 4.79 Å². The second-order valence-electron chi connectivity index (χ2n) is 10.3. The molecule has 2 atom stereocenters. The van der Waals surface area contributed by atoms with Crippen LogP contribution in [0.3, 0.4) is 0 Å². The molecule has 0 saturated heterocycles. The number of anilines is 1. The molecule has 1 heterocycles. The molecule has 2 unspecified atom stereocenters. The minimum atomic E-state index is -1.17. The molecule has 1 aliphatic heterocycles. The summed E-state index contributed by atoms with van der Waals surface area (Å²) in [5, 5.41) is 13.4. The van der Waals surface area contributed by atoms with E-state index >= 15 is 0 Å². The molecule has 41 heavy (non-hydrogen) atoms. The van der Waals surface area contributed by atoms with E-state index in [0.29, 0.717) is 12.3 Å². The Hall–Kier alpha value is -4.16. The summed E-state index contributed by atoms with van der Waals surface area (Å²) in [5.74, 6) is -0.401. The molecule has 0 saturated carbocycles. The van der Waals surface area contributed by atoms with Crippen molar-refractivity contribution in [2.24, 2.45) is 0 Å². The highest BCUT2D eigenvalue weighted by Crippen LogP contribution is 2.45. The number of hydrogen-bond donors (Lipinski definition) is 2. The minimum absolute atomic E-state index is 0.332. The SMILES string of the molecule is Cc1ccc(C2Sc3cc(COC(c4ccccc4)(c4ccccc4)c4ccccc4)ccc3NC(=O)C2O)cc1. The predicted molar refractivity (Wildman–Crippen MR) is 165 cm³/mol. The number of thioether (sulfide) groups is 1. The highest BCUT2D eigenvalue weighted by atomic mass is 32.2. The maximum absolute atomic E-state index is 12.8. The molecular weight excluding hydrogens is 526 g/mol. The van der Waals surface area contributed by atoms with E-state index in [2.05, 4.69) is 47.8 Å². The van der Waals surface area contributed by atoms with E-state index in [0.717, 1.165) is 38.3 Å². The van der Waals surface area contributed by atoms with E-state index < -0.39 is 22.9 Å². The number of fused-ring (bicyclic) bond motifs is 1. The second-order valence-corrected chi connectivity index (χ2v) is 11.5. The Morgan fingerprint density at radius 1 is 0.756 bits per heavy atom. The molecule has 6 rings (SSSR count). The molecule has 0 spiro atoms. The number of aliphatic hydroxyl groups is 1. The molecular formula is C36H31NO3S. The monoisotopic (exact) mass is 557 g/mol. The van der Waals surface area contributed by atoms with Crippen LogP contribution in [-0.2, 0) is 21.7 Å². The zero-order valence-corrected chi connectivity index (χ0v) is 23.6. The summed E-state index contributed by atoms with van der Waals surface area (Å²) in [6.07, 6.45) is -1.17. The first-order valence-corrected chi connectivity index (χ1v) is 14.6. The summed E-state index contributed by atoms with van der Waals surface area (Å²) < 4.78 is 7.02. The average Bonchev–Trinajstić information content (AvgIpc) is 3.15. The van der Waals surface area contributed by atoms with Crippen molar-refractivity contribution in [3.8, 4) is 0 Å². The summed E-state index contributed by atoms with van der Waals surface area (Å²) >= 11 is 1.50. The quantitative estimate of drug-likeness (QED) is 0.202. The lowest BCUT2D eigenvalue weighted by Crippen LogP contribution is -2.32. The van der Waals surface area contributed by atoms with E-state index in [4.69, 9.17) is 4.74 Å². The number of aryl methyl sites for hydroxylation is 1. The van der Waals surface area contributed by atoms with Crippen molar-refractivity contribution < 1.29 is 14.6 Å². The van der Waals surface area contributed by atoms with Crippen molar-refractivity contribution in [2.45, 2.75) is 35.4 Å². The zero-order valence-electron chi connectivity index (χ0n) is 22.7. The van der Waals surface area contributed by atoms with Crippen LogP contribution < -0.4 is 5.32 Å². The van der Waals surface area contributed by atoms with Crippen LogP contribution in [0, 0.1) is 6.92 Å². The van der Waals surface area contributed by atoms with E-state index in [1.165, 1.54) is 11.8 Å². The molecule has 5 heteroatoms. The first-order chi connectivity index (χ1) is 20.0. The fraction of sp³-hybridized carbons (Fsp3) is 0.139. The molecule has 1 aliphatic rings. The topological polar surface area (TPSA) is 58.6 Å². The van der Waals surface area contributed by atoms with Crippen LogP contribution in [0.1, 0.15) is 38.6 Å². The Labute approximate surface area is 245 Å². The number of rotatable bonds is 7. The van der Waals surface area contributed by atoms with Gasteiger partial charge in [-0.25, -0.2) is 0 Å². The Kier molecular flexibility index (Phi) is 7.75. The van der Waals surface area contributed by atoms with Crippen molar-refractivity contribution in [1.82, 2.24) is 0 Å². The Morgan fingerprint density at radius 3 is 1.83 bits per heavy atom. The zero-order chi connectivity index (χ0) is 28.2. The van der Waals surface area contributed by atoms with Gasteiger partial charge in [-0.2, -0.15) is 0 Å². The van der Waals surface area contributed by atoms with Crippen LogP contribution in [0.25, 0.3) is 0 Å². The fourth-order valence-electron chi connectivity index (χ4n) is 5.37. The average molecular weight is 558 g/mol. The van der Waals surface area contributed by atoms with Crippen molar-refractivity contribution in [1.29, 1.82) is 0 Å². The smallest absolute Gasteiger partial charge is 0.254 e. The van der Waals surface area contributed by atoms with Gasteiger partial charge in [0, 0.05) is 4.90 Å². The maximum Gasteiger partial charge on any atom is 0.254 e. The largest absolute Gasteiger partial charge is 0.382 e. The van der Waals surface area contributed by atoms with Gasteiger partial charge in [-0.05, 0) is 46.9 Å². The van der Waals surface area contributed by atoms with Gasteiger partial charge >= 0.3 is 0 Å². The van der Waals surface area contributed by atoms with Crippen LogP contribution in [0.2, 0.25) is 0 Å². The molecule has 0 radical (unpaired) electrons. The van der Waals surface area contributed by atoms with Crippen LogP contribution in [0.15, 0.2) is 138 Å². The van der Waals surface area contributed by atoms with Gasteiger partial charge in [-0.15, -0.1) is 11.8 Å². The summed E-state index contributed by atoms with van der Waals surface area (Å²) in [6, 6.07) is 44.8. The number of amides is 1. The Balaban J connectivity index is 1.38. The summed E-state index contributed by atoms with van der Waals surface area (Å²) in [5.41, 5.74) is 5.98.